The first-order chi connectivity index (χ1) is 10.6. The van der Waals surface area contributed by atoms with Gasteiger partial charge in [0.15, 0.2) is 5.54 Å². The Morgan fingerprint density at radius 2 is 1.77 bits per heavy atom. The molecular formula is C15H14N2O4S. The Balaban J connectivity index is 2.21. The van der Waals surface area contributed by atoms with Gasteiger partial charge in [-0.2, -0.15) is 0 Å². The lowest BCUT2D eigenvalue weighted by atomic mass is 9.87. The molecule has 0 radical (unpaired) electrons. The fourth-order valence-corrected chi connectivity index (χ4v) is 3.29. The quantitative estimate of drug-likeness (QED) is 0.746. The zero-order chi connectivity index (χ0) is 15.7. The number of benzene rings is 2. The summed E-state index contributed by atoms with van der Waals surface area (Å²) in [5.74, 6) is -1.09. The summed E-state index contributed by atoms with van der Waals surface area (Å²) in [6, 6.07) is 15.8. The molecule has 3 rings (SSSR count). The van der Waals surface area contributed by atoms with Gasteiger partial charge in [0.2, 0.25) is 0 Å². The lowest BCUT2D eigenvalue weighted by molar-refractivity contribution is -0.143. The second-order valence-electron chi connectivity index (χ2n) is 5.01. The average molecular weight is 318 g/mol. The van der Waals surface area contributed by atoms with E-state index in [1.165, 1.54) is 5.01 Å². The number of aliphatic carboxylic acids is 1. The molecule has 2 aromatic rings. The van der Waals surface area contributed by atoms with Crippen LogP contribution in [0.4, 0.5) is 5.69 Å². The third-order valence-corrected chi connectivity index (χ3v) is 4.17. The molecule has 1 heterocycles. The first-order valence-electron chi connectivity index (χ1n) is 6.60. The number of hydrazine groups is 1. The summed E-state index contributed by atoms with van der Waals surface area (Å²) in [5, 5.41) is 11.2. The predicted molar refractivity (Wildman–Crippen MR) is 82.3 cm³/mol. The number of carboxylic acid groups (broad SMARTS) is 1. The minimum Gasteiger partial charge on any atom is -0.479 e. The topological polar surface area (TPSA) is 89.9 Å². The summed E-state index contributed by atoms with van der Waals surface area (Å²) in [7, 11) is 0. The van der Waals surface area contributed by atoms with Gasteiger partial charge in [-0.15, -0.1) is 4.83 Å². The first kappa shape index (κ1) is 14.7. The molecule has 3 N–H and O–H groups in total. The Kier molecular flexibility index (Phi) is 3.69. The summed E-state index contributed by atoms with van der Waals surface area (Å²) < 4.78 is 20.5. The van der Waals surface area contributed by atoms with Crippen LogP contribution in [0.3, 0.4) is 0 Å². The molecule has 0 saturated carbocycles. The number of hydrogen-bond acceptors (Lipinski definition) is 3. The first-order valence-corrected chi connectivity index (χ1v) is 7.70. The van der Waals surface area contributed by atoms with Crippen LogP contribution in [-0.4, -0.2) is 19.8 Å². The molecule has 0 spiro atoms. The van der Waals surface area contributed by atoms with Crippen LogP contribution < -0.4 is 9.84 Å². The van der Waals surface area contributed by atoms with Crippen molar-refractivity contribution in [2.75, 3.05) is 5.01 Å². The molecule has 0 saturated heterocycles. The van der Waals surface area contributed by atoms with Gasteiger partial charge in [0.25, 0.3) is 11.3 Å². The Bertz CT molecular complexity index is 737. The van der Waals surface area contributed by atoms with Gasteiger partial charge in [-0.05, 0) is 17.2 Å². The minimum atomic E-state index is -2.39. The standard InChI is InChI=1S/C15H14N2O4S/c18-14(19)15(12-7-2-1-3-8-12)10-11-6-4-5-9-13(11)17(15)16-22(20)21/h1-9,16H,10H2,(H,18,19)(H,20,21). The van der Waals surface area contributed by atoms with Gasteiger partial charge in [0.05, 0.1) is 5.69 Å². The molecule has 0 aromatic heterocycles. The molecule has 6 nitrogen and oxygen atoms in total. The molecule has 0 bridgehead atoms. The van der Waals surface area contributed by atoms with E-state index in [0.717, 1.165) is 5.56 Å². The molecule has 22 heavy (non-hydrogen) atoms. The fraction of sp³-hybridized carbons (Fsp3) is 0.133. The lowest BCUT2D eigenvalue weighted by Gasteiger charge is -2.35. The number of carbonyl (C=O) groups is 1. The van der Waals surface area contributed by atoms with Crippen LogP contribution in [0, 0.1) is 0 Å². The lowest BCUT2D eigenvalue weighted by Crippen LogP contribution is -2.57. The van der Waals surface area contributed by atoms with Crippen LogP contribution in [-0.2, 0) is 28.0 Å². The summed E-state index contributed by atoms with van der Waals surface area (Å²) in [4.78, 5) is 14.5. The number of rotatable bonds is 4. The highest BCUT2D eigenvalue weighted by Crippen LogP contribution is 2.44. The van der Waals surface area contributed by atoms with Crippen molar-refractivity contribution in [1.82, 2.24) is 4.83 Å². The van der Waals surface area contributed by atoms with Gasteiger partial charge in [-0.3, -0.25) is 9.56 Å². The zero-order valence-electron chi connectivity index (χ0n) is 11.5. The maximum absolute atomic E-state index is 12.1. The molecule has 0 amide bonds. The van der Waals surface area contributed by atoms with Crippen LogP contribution in [0.5, 0.6) is 0 Å². The van der Waals surface area contributed by atoms with Crippen LogP contribution in [0.25, 0.3) is 0 Å². The van der Waals surface area contributed by atoms with Crippen LogP contribution in [0.15, 0.2) is 54.6 Å². The highest BCUT2D eigenvalue weighted by Gasteiger charge is 2.52. The van der Waals surface area contributed by atoms with Crippen molar-refractivity contribution in [3.8, 4) is 0 Å². The summed E-state index contributed by atoms with van der Waals surface area (Å²) in [6.45, 7) is 0. The van der Waals surface area contributed by atoms with E-state index in [0.29, 0.717) is 11.3 Å². The highest BCUT2D eigenvalue weighted by atomic mass is 32.2. The molecule has 7 heteroatoms. The molecule has 2 atom stereocenters. The summed E-state index contributed by atoms with van der Waals surface area (Å²) in [5.41, 5.74) is 0.447. The van der Waals surface area contributed by atoms with Crippen molar-refractivity contribution in [3.63, 3.8) is 0 Å². The number of nitrogens with zero attached hydrogens (tertiary/aromatic N) is 1. The monoisotopic (exact) mass is 318 g/mol. The minimum absolute atomic E-state index is 0.201. The maximum atomic E-state index is 12.1. The van der Waals surface area contributed by atoms with Crippen LogP contribution in [0.1, 0.15) is 11.1 Å². The summed E-state index contributed by atoms with van der Waals surface area (Å²) in [6.07, 6.45) is 0.201. The Morgan fingerprint density at radius 3 is 2.41 bits per heavy atom. The van der Waals surface area contributed by atoms with E-state index >= 15 is 0 Å². The van der Waals surface area contributed by atoms with E-state index in [-0.39, 0.29) is 6.42 Å². The largest absolute Gasteiger partial charge is 0.479 e. The molecule has 0 aliphatic carbocycles. The molecule has 114 valence electrons. The van der Waals surface area contributed by atoms with E-state index in [9.17, 15) is 18.7 Å². The van der Waals surface area contributed by atoms with Gasteiger partial charge in [-0.1, -0.05) is 48.5 Å². The van der Waals surface area contributed by atoms with Crippen molar-refractivity contribution in [3.05, 3.63) is 65.7 Å². The second-order valence-corrected chi connectivity index (χ2v) is 5.69. The molecule has 2 aromatic carbocycles. The SMILES string of the molecule is O=C(O)C1(c2ccccc2)Cc2ccccc2N1NS(=O)O. The molecule has 1 aliphatic rings. The third-order valence-electron chi connectivity index (χ3n) is 3.84. The van der Waals surface area contributed by atoms with E-state index in [1.54, 1.807) is 42.5 Å². The number of nitrogens with one attached hydrogen (secondary N) is 1. The van der Waals surface area contributed by atoms with E-state index < -0.39 is 22.8 Å². The Labute approximate surface area is 129 Å². The van der Waals surface area contributed by atoms with Gasteiger partial charge >= 0.3 is 5.97 Å². The number of para-hydroxylation sites is 1. The summed E-state index contributed by atoms with van der Waals surface area (Å²) >= 11 is -2.39. The smallest absolute Gasteiger partial charge is 0.336 e. The average Bonchev–Trinajstić information content (AvgIpc) is 2.83. The second kappa shape index (κ2) is 5.53. The van der Waals surface area contributed by atoms with Gasteiger partial charge in [-0.25, -0.2) is 9.00 Å². The van der Waals surface area contributed by atoms with Crippen LogP contribution >= 0.6 is 0 Å². The van der Waals surface area contributed by atoms with E-state index in [4.69, 9.17) is 0 Å². The van der Waals surface area contributed by atoms with Crippen molar-refractivity contribution < 1.29 is 18.7 Å². The van der Waals surface area contributed by atoms with Crippen molar-refractivity contribution >= 4 is 22.9 Å². The highest BCUT2D eigenvalue weighted by molar-refractivity contribution is 7.77. The molecule has 0 fully saturated rings. The number of hydrogen-bond donors (Lipinski definition) is 3. The fourth-order valence-electron chi connectivity index (χ4n) is 2.88. The Hall–Kier alpha value is -2.22. The molecule has 1 aliphatic heterocycles. The number of fused-ring (bicyclic) bond motifs is 1. The molecule has 2 unspecified atom stereocenters. The molecular weight excluding hydrogens is 304 g/mol. The number of carboxylic acids is 1. The van der Waals surface area contributed by atoms with Gasteiger partial charge in [0, 0.05) is 6.42 Å². The van der Waals surface area contributed by atoms with Gasteiger partial charge in [0.1, 0.15) is 0 Å². The van der Waals surface area contributed by atoms with E-state index in [1.807, 2.05) is 12.1 Å². The van der Waals surface area contributed by atoms with Crippen LogP contribution in [0.2, 0.25) is 0 Å². The Morgan fingerprint density at radius 1 is 1.14 bits per heavy atom. The van der Waals surface area contributed by atoms with Crippen molar-refractivity contribution in [2.24, 2.45) is 0 Å². The van der Waals surface area contributed by atoms with Crippen molar-refractivity contribution in [2.45, 2.75) is 12.0 Å². The predicted octanol–water partition coefficient (Wildman–Crippen LogP) is 1.67. The van der Waals surface area contributed by atoms with Crippen molar-refractivity contribution in [1.29, 1.82) is 0 Å². The number of anilines is 1. The normalized spacial score (nSPS) is 21.4. The maximum Gasteiger partial charge on any atom is 0.336 e. The third kappa shape index (κ3) is 2.19. The zero-order valence-corrected chi connectivity index (χ0v) is 12.3. The van der Waals surface area contributed by atoms with Gasteiger partial charge < -0.3 is 5.11 Å². The van der Waals surface area contributed by atoms with E-state index in [2.05, 4.69) is 4.83 Å².